The minimum atomic E-state index is -1.08. The van der Waals surface area contributed by atoms with Crippen LogP contribution in [-0.4, -0.2) is 41.7 Å². The molecular weight excluding hydrogens is 270 g/mol. The van der Waals surface area contributed by atoms with E-state index in [1.165, 1.54) is 4.52 Å². The lowest BCUT2D eigenvalue weighted by Crippen LogP contribution is -2.57. The largest absolute Gasteiger partial charge is 0.388 e. The molecule has 2 heterocycles. The molecule has 0 bridgehead atoms. The molecule has 0 spiro atoms. The van der Waals surface area contributed by atoms with Crippen molar-refractivity contribution in [1.29, 1.82) is 0 Å². The van der Waals surface area contributed by atoms with Gasteiger partial charge in [-0.25, -0.2) is 9.50 Å². The molecule has 0 aliphatic heterocycles. The van der Waals surface area contributed by atoms with Gasteiger partial charge in [0.15, 0.2) is 0 Å². The third kappa shape index (κ3) is 2.87. The van der Waals surface area contributed by atoms with Crippen LogP contribution < -0.4 is 5.32 Å². The van der Waals surface area contributed by atoms with E-state index in [9.17, 15) is 9.90 Å². The summed E-state index contributed by atoms with van der Waals surface area (Å²) in [6, 6.07) is 1.87. The fraction of sp³-hybridized carbons (Fsp3) is 0.571. The van der Waals surface area contributed by atoms with E-state index in [0.29, 0.717) is 5.78 Å². The second-order valence-electron chi connectivity index (χ2n) is 6.32. The maximum Gasteiger partial charge on any atom is 0.291 e. The van der Waals surface area contributed by atoms with E-state index < -0.39 is 17.0 Å². The van der Waals surface area contributed by atoms with Crippen molar-refractivity contribution in [1.82, 2.24) is 24.9 Å². The van der Waals surface area contributed by atoms with E-state index in [-0.39, 0.29) is 5.82 Å². The molecule has 0 unspecified atom stereocenters. The lowest BCUT2D eigenvalue weighted by atomic mass is 9.86. The highest BCUT2D eigenvalue weighted by Gasteiger charge is 2.37. The van der Waals surface area contributed by atoms with E-state index in [1.807, 2.05) is 19.9 Å². The van der Waals surface area contributed by atoms with Gasteiger partial charge in [-0.3, -0.25) is 4.79 Å². The molecule has 7 nitrogen and oxygen atoms in total. The first-order valence-corrected chi connectivity index (χ1v) is 6.77. The summed E-state index contributed by atoms with van der Waals surface area (Å²) in [6.45, 7) is 10.5. The minimum absolute atomic E-state index is 0.0357. The van der Waals surface area contributed by atoms with E-state index in [0.717, 1.165) is 11.4 Å². The summed E-state index contributed by atoms with van der Waals surface area (Å²) >= 11 is 0. The van der Waals surface area contributed by atoms with Crippen LogP contribution in [0, 0.1) is 13.8 Å². The van der Waals surface area contributed by atoms with Gasteiger partial charge >= 0.3 is 0 Å². The summed E-state index contributed by atoms with van der Waals surface area (Å²) in [5.41, 5.74) is -0.228. The van der Waals surface area contributed by atoms with Crippen LogP contribution in [-0.2, 0) is 0 Å². The van der Waals surface area contributed by atoms with Gasteiger partial charge in [0.25, 0.3) is 11.7 Å². The van der Waals surface area contributed by atoms with Crippen molar-refractivity contribution in [3.63, 3.8) is 0 Å². The van der Waals surface area contributed by atoms with Crippen LogP contribution in [0.1, 0.15) is 49.7 Å². The molecule has 0 aliphatic rings. The Labute approximate surface area is 123 Å². The van der Waals surface area contributed by atoms with Gasteiger partial charge < -0.3 is 10.4 Å². The molecule has 0 aromatic carbocycles. The number of carbonyl (C=O) groups is 1. The Balaban J connectivity index is 2.35. The number of nitrogens with one attached hydrogen (secondary N) is 1. The number of aliphatic hydroxyl groups is 1. The zero-order chi connectivity index (χ0) is 16.0. The van der Waals surface area contributed by atoms with Crippen LogP contribution in [0.5, 0.6) is 0 Å². The summed E-state index contributed by atoms with van der Waals surface area (Å²) in [6.07, 6.45) is 0. The summed E-state index contributed by atoms with van der Waals surface area (Å²) in [5.74, 6) is -0.0167. The first-order valence-electron chi connectivity index (χ1n) is 6.77. The molecule has 0 radical (unpaired) electrons. The molecule has 0 aliphatic carbocycles. The van der Waals surface area contributed by atoms with Gasteiger partial charge in [-0.1, -0.05) is 0 Å². The summed E-state index contributed by atoms with van der Waals surface area (Å²) in [5, 5.41) is 17.0. The second-order valence-corrected chi connectivity index (χ2v) is 6.32. The molecule has 0 saturated heterocycles. The Kier molecular flexibility index (Phi) is 3.49. The third-order valence-corrected chi connectivity index (χ3v) is 3.78. The number of nitrogens with zero attached hydrogens (tertiary/aromatic N) is 4. The Hall–Kier alpha value is -2.02. The molecule has 114 valence electrons. The Morgan fingerprint density at radius 1 is 1.24 bits per heavy atom. The number of carbonyl (C=O) groups excluding carboxylic acids is 1. The van der Waals surface area contributed by atoms with Crippen molar-refractivity contribution in [2.75, 3.05) is 0 Å². The first kappa shape index (κ1) is 15.4. The van der Waals surface area contributed by atoms with Crippen molar-refractivity contribution < 1.29 is 9.90 Å². The number of hydrogen-bond acceptors (Lipinski definition) is 5. The SMILES string of the molecule is Cc1cc(C)n2nc(C(=O)NC(C)(C)C(C)(C)O)nc2n1. The number of aromatic nitrogens is 4. The van der Waals surface area contributed by atoms with E-state index in [1.54, 1.807) is 27.7 Å². The smallest absolute Gasteiger partial charge is 0.291 e. The zero-order valence-corrected chi connectivity index (χ0v) is 13.2. The molecule has 0 atom stereocenters. The third-order valence-electron chi connectivity index (χ3n) is 3.78. The predicted octanol–water partition coefficient (Wildman–Crippen LogP) is 1.02. The van der Waals surface area contributed by atoms with Crippen molar-refractivity contribution in [3.05, 3.63) is 23.3 Å². The van der Waals surface area contributed by atoms with Crippen LogP contribution in [0.25, 0.3) is 5.78 Å². The quantitative estimate of drug-likeness (QED) is 0.881. The molecule has 0 saturated carbocycles. The van der Waals surface area contributed by atoms with Crippen molar-refractivity contribution in [2.24, 2.45) is 0 Å². The first-order chi connectivity index (χ1) is 9.51. The van der Waals surface area contributed by atoms with Crippen LogP contribution in [0.15, 0.2) is 6.07 Å². The molecule has 1 amide bonds. The number of amides is 1. The molecule has 2 aromatic heterocycles. The van der Waals surface area contributed by atoms with Crippen molar-refractivity contribution in [3.8, 4) is 0 Å². The highest BCUT2D eigenvalue weighted by atomic mass is 16.3. The summed E-state index contributed by atoms with van der Waals surface area (Å²) < 4.78 is 1.53. The topological polar surface area (TPSA) is 92.4 Å². The molecule has 21 heavy (non-hydrogen) atoms. The maximum atomic E-state index is 12.3. The predicted molar refractivity (Wildman–Crippen MR) is 78.1 cm³/mol. The van der Waals surface area contributed by atoms with Crippen LogP contribution in [0.3, 0.4) is 0 Å². The molecule has 2 aromatic rings. The number of rotatable bonds is 3. The fourth-order valence-electron chi connectivity index (χ4n) is 1.76. The van der Waals surface area contributed by atoms with Crippen LogP contribution in [0.2, 0.25) is 0 Å². The molecular formula is C14H21N5O2. The number of fused-ring (bicyclic) bond motifs is 1. The van der Waals surface area contributed by atoms with Gasteiger partial charge in [-0.15, -0.1) is 5.10 Å². The van der Waals surface area contributed by atoms with Crippen molar-refractivity contribution in [2.45, 2.75) is 52.7 Å². The van der Waals surface area contributed by atoms with Crippen molar-refractivity contribution >= 4 is 11.7 Å². The standard InChI is InChI=1S/C14H21N5O2/c1-8-7-9(2)19-12(15-8)16-10(18-19)11(20)17-13(3,4)14(5,6)21/h7,21H,1-6H3,(H,17,20). The highest BCUT2D eigenvalue weighted by Crippen LogP contribution is 2.20. The summed E-state index contributed by atoms with van der Waals surface area (Å²) in [7, 11) is 0. The number of aryl methyl sites for hydroxylation is 2. The normalized spacial score (nSPS) is 12.7. The second kappa shape index (κ2) is 4.77. The molecule has 2 rings (SSSR count). The molecule has 2 N–H and O–H groups in total. The summed E-state index contributed by atoms with van der Waals surface area (Å²) in [4.78, 5) is 20.7. The fourth-order valence-corrected chi connectivity index (χ4v) is 1.76. The Morgan fingerprint density at radius 2 is 1.86 bits per heavy atom. The van der Waals surface area contributed by atoms with Gasteiger partial charge in [-0.05, 0) is 47.6 Å². The monoisotopic (exact) mass is 291 g/mol. The van der Waals surface area contributed by atoms with Gasteiger partial charge in [0.2, 0.25) is 5.82 Å². The van der Waals surface area contributed by atoms with Gasteiger partial charge in [0.1, 0.15) is 0 Å². The minimum Gasteiger partial charge on any atom is -0.388 e. The average Bonchev–Trinajstić information content (AvgIpc) is 2.70. The van der Waals surface area contributed by atoms with Crippen LogP contribution in [0.4, 0.5) is 0 Å². The van der Waals surface area contributed by atoms with Crippen LogP contribution >= 0.6 is 0 Å². The lowest BCUT2D eigenvalue weighted by molar-refractivity contribution is -0.00312. The van der Waals surface area contributed by atoms with E-state index in [2.05, 4.69) is 20.4 Å². The van der Waals surface area contributed by atoms with Gasteiger partial charge in [0.05, 0.1) is 11.1 Å². The lowest BCUT2D eigenvalue weighted by Gasteiger charge is -2.37. The Bertz CT molecular complexity index is 697. The van der Waals surface area contributed by atoms with Gasteiger partial charge in [-0.2, -0.15) is 4.98 Å². The number of hydrogen-bond donors (Lipinski definition) is 2. The molecule has 0 fully saturated rings. The van der Waals surface area contributed by atoms with Gasteiger partial charge in [0, 0.05) is 11.4 Å². The highest BCUT2D eigenvalue weighted by molar-refractivity contribution is 5.91. The Morgan fingerprint density at radius 3 is 2.43 bits per heavy atom. The molecule has 7 heteroatoms. The average molecular weight is 291 g/mol. The zero-order valence-electron chi connectivity index (χ0n) is 13.2. The maximum absolute atomic E-state index is 12.3. The van der Waals surface area contributed by atoms with E-state index >= 15 is 0 Å². The van der Waals surface area contributed by atoms with E-state index in [4.69, 9.17) is 0 Å².